The van der Waals surface area contributed by atoms with Gasteiger partial charge in [-0.05, 0) is 30.5 Å². The van der Waals surface area contributed by atoms with Crippen molar-refractivity contribution in [3.63, 3.8) is 0 Å². The summed E-state index contributed by atoms with van der Waals surface area (Å²) in [5.41, 5.74) is 0.928. The van der Waals surface area contributed by atoms with Crippen LogP contribution in [0.25, 0.3) is 0 Å². The van der Waals surface area contributed by atoms with E-state index in [1.807, 2.05) is 6.07 Å². The molecule has 1 N–H and O–H groups in total. The van der Waals surface area contributed by atoms with Crippen molar-refractivity contribution in [2.24, 2.45) is 5.92 Å². The number of hydrogen-bond donors (Lipinski definition) is 1. The van der Waals surface area contributed by atoms with E-state index in [9.17, 15) is 4.39 Å². The number of rotatable bonds is 6. The highest BCUT2D eigenvalue weighted by atomic mass is 79.9. The zero-order valence-electron chi connectivity index (χ0n) is 10.5. The van der Waals surface area contributed by atoms with Gasteiger partial charge in [0.05, 0.1) is 7.11 Å². The summed E-state index contributed by atoms with van der Waals surface area (Å²) in [4.78, 5) is 0. The van der Waals surface area contributed by atoms with Gasteiger partial charge in [-0.2, -0.15) is 0 Å². The SMILES string of the molecule is COc1ccc(CNC(C)C(C)CBr)cc1F. The Morgan fingerprint density at radius 3 is 2.65 bits per heavy atom. The first-order chi connectivity index (χ1) is 8.08. The zero-order chi connectivity index (χ0) is 12.8. The fourth-order valence-corrected chi connectivity index (χ4v) is 1.99. The van der Waals surface area contributed by atoms with Crippen molar-refractivity contribution in [1.29, 1.82) is 0 Å². The molecule has 17 heavy (non-hydrogen) atoms. The van der Waals surface area contributed by atoms with Crippen LogP contribution in [0.5, 0.6) is 5.75 Å². The molecule has 2 unspecified atom stereocenters. The highest BCUT2D eigenvalue weighted by molar-refractivity contribution is 9.09. The largest absolute Gasteiger partial charge is 0.494 e. The molecular weight excluding hydrogens is 285 g/mol. The number of alkyl halides is 1. The fraction of sp³-hybridized carbons (Fsp3) is 0.538. The van der Waals surface area contributed by atoms with E-state index in [1.165, 1.54) is 13.2 Å². The molecule has 4 heteroatoms. The molecule has 1 aromatic carbocycles. The van der Waals surface area contributed by atoms with Crippen LogP contribution in [-0.4, -0.2) is 18.5 Å². The van der Waals surface area contributed by atoms with Gasteiger partial charge in [0.25, 0.3) is 0 Å². The minimum absolute atomic E-state index is 0.288. The molecule has 96 valence electrons. The summed E-state index contributed by atoms with van der Waals surface area (Å²) in [5, 5.41) is 4.33. The number of methoxy groups -OCH3 is 1. The second-order valence-corrected chi connectivity index (χ2v) is 4.92. The first-order valence-corrected chi connectivity index (χ1v) is 6.82. The van der Waals surface area contributed by atoms with Crippen LogP contribution < -0.4 is 10.1 Å². The van der Waals surface area contributed by atoms with Crippen LogP contribution in [0.2, 0.25) is 0 Å². The highest BCUT2D eigenvalue weighted by Crippen LogP contribution is 2.17. The molecule has 0 aliphatic carbocycles. The van der Waals surface area contributed by atoms with E-state index < -0.39 is 0 Å². The van der Waals surface area contributed by atoms with E-state index in [0.29, 0.717) is 18.5 Å². The third kappa shape index (κ3) is 4.28. The van der Waals surface area contributed by atoms with Gasteiger partial charge in [-0.1, -0.05) is 28.9 Å². The second-order valence-electron chi connectivity index (χ2n) is 4.27. The lowest BCUT2D eigenvalue weighted by Crippen LogP contribution is -2.32. The van der Waals surface area contributed by atoms with Crippen LogP contribution in [0, 0.1) is 11.7 Å². The Morgan fingerprint density at radius 2 is 2.12 bits per heavy atom. The van der Waals surface area contributed by atoms with Crippen molar-refractivity contribution >= 4 is 15.9 Å². The lowest BCUT2D eigenvalue weighted by molar-refractivity contribution is 0.385. The third-order valence-electron chi connectivity index (χ3n) is 2.94. The van der Waals surface area contributed by atoms with E-state index >= 15 is 0 Å². The Balaban J connectivity index is 2.55. The van der Waals surface area contributed by atoms with Gasteiger partial charge in [-0.25, -0.2) is 4.39 Å². The van der Waals surface area contributed by atoms with Gasteiger partial charge < -0.3 is 10.1 Å². The van der Waals surface area contributed by atoms with Crippen LogP contribution in [-0.2, 0) is 6.54 Å². The molecule has 0 fully saturated rings. The van der Waals surface area contributed by atoms with Crippen LogP contribution in [0.15, 0.2) is 18.2 Å². The van der Waals surface area contributed by atoms with E-state index in [2.05, 4.69) is 35.1 Å². The van der Waals surface area contributed by atoms with Gasteiger partial charge in [0.2, 0.25) is 0 Å². The summed E-state index contributed by atoms with van der Waals surface area (Å²) in [6, 6.07) is 5.43. The maximum absolute atomic E-state index is 13.4. The number of hydrogen-bond acceptors (Lipinski definition) is 2. The maximum atomic E-state index is 13.4. The topological polar surface area (TPSA) is 21.3 Å². The molecule has 0 saturated carbocycles. The van der Waals surface area contributed by atoms with Crippen molar-refractivity contribution in [1.82, 2.24) is 5.32 Å². The summed E-state index contributed by atoms with van der Waals surface area (Å²) in [7, 11) is 1.47. The molecule has 0 spiro atoms. The van der Waals surface area contributed by atoms with E-state index in [1.54, 1.807) is 6.07 Å². The average Bonchev–Trinajstić information content (AvgIpc) is 2.35. The number of ether oxygens (including phenoxy) is 1. The van der Waals surface area contributed by atoms with Crippen LogP contribution in [0.3, 0.4) is 0 Å². The number of nitrogens with one attached hydrogen (secondary N) is 1. The molecule has 0 aliphatic rings. The van der Waals surface area contributed by atoms with Crippen LogP contribution in [0.1, 0.15) is 19.4 Å². The molecule has 2 nitrogen and oxygen atoms in total. The first-order valence-electron chi connectivity index (χ1n) is 5.70. The van der Waals surface area contributed by atoms with Crippen molar-refractivity contribution in [3.8, 4) is 5.75 Å². The summed E-state index contributed by atoms with van der Waals surface area (Å²) in [6.07, 6.45) is 0. The van der Waals surface area contributed by atoms with Gasteiger partial charge in [0.15, 0.2) is 11.6 Å². The highest BCUT2D eigenvalue weighted by Gasteiger charge is 2.10. The summed E-state index contributed by atoms with van der Waals surface area (Å²) in [6.45, 7) is 4.96. The normalized spacial score (nSPS) is 14.4. The van der Waals surface area contributed by atoms with Crippen molar-refractivity contribution in [3.05, 3.63) is 29.6 Å². The van der Waals surface area contributed by atoms with Crippen molar-refractivity contribution in [2.45, 2.75) is 26.4 Å². The van der Waals surface area contributed by atoms with Crippen LogP contribution in [0.4, 0.5) is 4.39 Å². The smallest absolute Gasteiger partial charge is 0.165 e. The zero-order valence-corrected chi connectivity index (χ0v) is 12.1. The fourth-order valence-electron chi connectivity index (χ4n) is 1.43. The van der Waals surface area contributed by atoms with E-state index in [4.69, 9.17) is 4.74 Å². The molecular formula is C13H19BrFNO. The van der Waals surface area contributed by atoms with Gasteiger partial charge in [-0.3, -0.25) is 0 Å². The van der Waals surface area contributed by atoms with Gasteiger partial charge in [-0.15, -0.1) is 0 Å². The molecule has 0 radical (unpaired) electrons. The molecule has 2 atom stereocenters. The van der Waals surface area contributed by atoms with E-state index in [0.717, 1.165) is 10.9 Å². The second kappa shape index (κ2) is 6.97. The minimum Gasteiger partial charge on any atom is -0.494 e. The van der Waals surface area contributed by atoms with Crippen LogP contribution >= 0.6 is 15.9 Å². The summed E-state index contributed by atoms with van der Waals surface area (Å²) < 4.78 is 18.3. The van der Waals surface area contributed by atoms with Crippen molar-refractivity contribution < 1.29 is 9.13 Å². The number of benzene rings is 1. The Bertz CT molecular complexity index is 359. The summed E-state index contributed by atoms with van der Waals surface area (Å²) in [5.74, 6) is 0.515. The Hall–Kier alpha value is -0.610. The lowest BCUT2D eigenvalue weighted by Gasteiger charge is -2.19. The maximum Gasteiger partial charge on any atom is 0.165 e. The predicted molar refractivity (Wildman–Crippen MR) is 72.2 cm³/mol. The molecule has 0 aliphatic heterocycles. The molecule has 0 amide bonds. The van der Waals surface area contributed by atoms with Crippen molar-refractivity contribution in [2.75, 3.05) is 12.4 Å². The first kappa shape index (κ1) is 14.5. The molecule has 0 saturated heterocycles. The predicted octanol–water partition coefficient (Wildman–Crippen LogP) is 3.34. The minimum atomic E-state index is -0.312. The Labute approximate surface area is 111 Å². The standard InChI is InChI=1S/C13H19BrFNO/c1-9(7-14)10(2)16-8-11-4-5-13(17-3)12(15)6-11/h4-6,9-10,16H,7-8H2,1-3H3. The third-order valence-corrected chi connectivity index (χ3v) is 3.96. The van der Waals surface area contributed by atoms with Gasteiger partial charge >= 0.3 is 0 Å². The average molecular weight is 304 g/mol. The molecule has 1 rings (SSSR count). The summed E-state index contributed by atoms with van der Waals surface area (Å²) >= 11 is 3.46. The lowest BCUT2D eigenvalue weighted by atomic mass is 10.1. The van der Waals surface area contributed by atoms with E-state index in [-0.39, 0.29) is 11.6 Å². The molecule has 1 aromatic rings. The van der Waals surface area contributed by atoms with Gasteiger partial charge in [0, 0.05) is 17.9 Å². The Kier molecular flexibility index (Phi) is 5.92. The quantitative estimate of drug-likeness (QED) is 0.814. The van der Waals surface area contributed by atoms with Gasteiger partial charge in [0.1, 0.15) is 0 Å². The number of halogens is 2. The molecule has 0 heterocycles. The monoisotopic (exact) mass is 303 g/mol. The molecule has 0 bridgehead atoms. The molecule has 0 aromatic heterocycles. The Morgan fingerprint density at radius 1 is 1.41 bits per heavy atom.